The highest BCUT2D eigenvalue weighted by Gasteiger charge is 2.38. The monoisotopic (exact) mass is 357 g/mol. The van der Waals surface area contributed by atoms with Crippen molar-refractivity contribution >= 4 is 0 Å². The van der Waals surface area contributed by atoms with Crippen molar-refractivity contribution in [1.82, 2.24) is 4.90 Å². The van der Waals surface area contributed by atoms with Crippen LogP contribution >= 0.6 is 0 Å². The highest BCUT2D eigenvalue weighted by atomic mass is 16.7. The molecule has 0 aromatic rings. The summed E-state index contributed by atoms with van der Waals surface area (Å²) in [5.74, 6) is 0.131. The van der Waals surface area contributed by atoms with Gasteiger partial charge in [-0.1, -0.05) is 59.3 Å². The second-order valence-electron chi connectivity index (χ2n) is 7.32. The van der Waals surface area contributed by atoms with Crippen LogP contribution in [0.3, 0.4) is 0 Å². The Morgan fingerprint density at radius 1 is 0.760 bits per heavy atom. The van der Waals surface area contributed by atoms with Crippen LogP contribution in [0, 0.1) is 5.92 Å². The van der Waals surface area contributed by atoms with Crippen molar-refractivity contribution in [2.24, 2.45) is 5.92 Å². The largest absolute Gasteiger partial charge is 0.350 e. The maximum absolute atomic E-state index is 6.22. The number of hydrogen-bond acceptors (Lipinski definition) is 3. The molecule has 0 N–H and O–H groups in total. The highest BCUT2D eigenvalue weighted by molar-refractivity contribution is 4.80. The Morgan fingerprint density at radius 2 is 1.32 bits per heavy atom. The predicted octanol–water partition coefficient (Wildman–Crippen LogP) is 6.26. The summed E-state index contributed by atoms with van der Waals surface area (Å²) in [4.78, 5) is 2.40. The zero-order valence-corrected chi connectivity index (χ0v) is 18.2. The topological polar surface area (TPSA) is 21.7 Å². The summed E-state index contributed by atoms with van der Waals surface area (Å²) in [5.41, 5.74) is 0. The molecule has 152 valence electrons. The normalized spacial score (nSPS) is 13.6. The molecule has 0 aliphatic rings. The average Bonchev–Trinajstić information content (AvgIpc) is 2.62. The fourth-order valence-electron chi connectivity index (χ4n) is 3.78. The van der Waals surface area contributed by atoms with E-state index in [4.69, 9.17) is 9.47 Å². The average molecular weight is 358 g/mol. The zero-order chi connectivity index (χ0) is 19.0. The van der Waals surface area contributed by atoms with E-state index >= 15 is 0 Å². The molecule has 0 aromatic heterocycles. The summed E-state index contributed by atoms with van der Waals surface area (Å²) in [5, 5.41) is 0. The van der Waals surface area contributed by atoms with E-state index in [1.165, 1.54) is 64.3 Å². The molecule has 3 nitrogen and oxygen atoms in total. The lowest BCUT2D eigenvalue weighted by atomic mass is 9.86. The summed E-state index contributed by atoms with van der Waals surface area (Å²) < 4.78 is 12.4. The molecule has 0 saturated carbocycles. The van der Waals surface area contributed by atoms with Crippen molar-refractivity contribution in [3.8, 4) is 0 Å². The molecule has 0 fully saturated rings. The van der Waals surface area contributed by atoms with Gasteiger partial charge in [0.1, 0.15) is 0 Å². The minimum Gasteiger partial charge on any atom is -0.350 e. The predicted molar refractivity (Wildman–Crippen MR) is 110 cm³/mol. The number of unbranched alkanes of at least 4 members (excludes halogenated alkanes) is 5. The Balaban J connectivity index is 4.70. The van der Waals surface area contributed by atoms with Gasteiger partial charge < -0.3 is 14.4 Å². The van der Waals surface area contributed by atoms with Gasteiger partial charge in [-0.2, -0.15) is 0 Å². The Bertz CT molecular complexity index is 277. The second kappa shape index (κ2) is 16.1. The van der Waals surface area contributed by atoms with Crippen molar-refractivity contribution in [2.45, 2.75) is 105 Å². The van der Waals surface area contributed by atoms with Gasteiger partial charge in [0.2, 0.25) is 0 Å². The van der Waals surface area contributed by atoms with Crippen LogP contribution in [0.1, 0.15) is 98.8 Å². The lowest BCUT2D eigenvalue weighted by molar-refractivity contribution is -0.268. The molecule has 0 amide bonds. The minimum atomic E-state index is -0.377. The summed E-state index contributed by atoms with van der Waals surface area (Å²) in [6.45, 7) is 14.7. The third-order valence-electron chi connectivity index (χ3n) is 5.43. The molecule has 0 bridgehead atoms. The van der Waals surface area contributed by atoms with E-state index in [-0.39, 0.29) is 5.79 Å². The molecule has 25 heavy (non-hydrogen) atoms. The first kappa shape index (κ1) is 24.9. The van der Waals surface area contributed by atoms with Crippen molar-refractivity contribution in [3.05, 3.63) is 0 Å². The quantitative estimate of drug-likeness (QED) is 0.213. The second-order valence-corrected chi connectivity index (χ2v) is 7.32. The van der Waals surface area contributed by atoms with Crippen LogP contribution in [0.25, 0.3) is 0 Å². The number of nitrogens with zero attached hydrogens (tertiary/aromatic N) is 1. The maximum atomic E-state index is 6.22. The van der Waals surface area contributed by atoms with Gasteiger partial charge in [0.05, 0.1) is 0 Å². The first-order valence-corrected chi connectivity index (χ1v) is 11.1. The minimum absolute atomic E-state index is 0.377. The fourth-order valence-corrected chi connectivity index (χ4v) is 3.78. The molecule has 3 heteroatoms. The van der Waals surface area contributed by atoms with E-state index in [1.54, 1.807) is 0 Å². The molecule has 0 aromatic carbocycles. The molecule has 0 saturated heterocycles. The number of hydrogen-bond donors (Lipinski definition) is 0. The van der Waals surface area contributed by atoms with Gasteiger partial charge in [0, 0.05) is 19.1 Å². The Kier molecular flexibility index (Phi) is 16.0. The lowest BCUT2D eigenvalue weighted by Crippen LogP contribution is -2.44. The molecular weight excluding hydrogens is 310 g/mol. The molecule has 0 aliphatic carbocycles. The molecule has 0 radical (unpaired) electrons. The van der Waals surface area contributed by atoms with Crippen LogP contribution in [0.2, 0.25) is 0 Å². The van der Waals surface area contributed by atoms with Crippen molar-refractivity contribution in [2.75, 3.05) is 33.4 Å². The summed E-state index contributed by atoms with van der Waals surface area (Å²) >= 11 is 0. The smallest absolute Gasteiger partial charge is 0.170 e. The van der Waals surface area contributed by atoms with Gasteiger partial charge >= 0.3 is 0 Å². The van der Waals surface area contributed by atoms with E-state index in [0.717, 1.165) is 26.2 Å². The van der Waals surface area contributed by atoms with E-state index < -0.39 is 0 Å². The van der Waals surface area contributed by atoms with E-state index in [0.29, 0.717) is 5.92 Å². The Hall–Kier alpha value is -0.120. The molecule has 0 spiro atoms. The first-order valence-electron chi connectivity index (χ1n) is 11.1. The molecule has 1 unspecified atom stereocenters. The van der Waals surface area contributed by atoms with E-state index in [1.807, 2.05) is 0 Å². The van der Waals surface area contributed by atoms with Gasteiger partial charge in [-0.25, -0.2) is 0 Å². The lowest BCUT2D eigenvalue weighted by Gasteiger charge is -2.40. The van der Waals surface area contributed by atoms with Gasteiger partial charge in [0.15, 0.2) is 5.79 Å². The van der Waals surface area contributed by atoms with Crippen LogP contribution in [0.15, 0.2) is 0 Å². The molecule has 0 aliphatic heterocycles. The van der Waals surface area contributed by atoms with Crippen LogP contribution < -0.4 is 0 Å². The Morgan fingerprint density at radius 3 is 1.84 bits per heavy atom. The molecular formula is C22H47NO2. The van der Waals surface area contributed by atoms with Crippen LogP contribution in [-0.2, 0) is 9.47 Å². The highest BCUT2D eigenvalue weighted by Crippen LogP contribution is 2.35. The van der Waals surface area contributed by atoms with Gasteiger partial charge in [0.25, 0.3) is 0 Å². The fraction of sp³-hybridized carbons (Fsp3) is 1.00. The third-order valence-corrected chi connectivity index (χ3v) is 5.43. The van der Waals surface area contributed by atoms with Gasteiger partial charge in [-0.3, -0.25) is 0 Å². The van der Waals surface area contributed by atoms with Crippen molar-refractivity contribution in [3.63, 3.8) is 0 Å². The van der Waals surface area contributed by atoms with Crippen molar-refractivity contribution in [1.29, 1.82) is 0 Å². The third kappa shape index (κ3) is 10.6. The summed E-state index contributed by atoms with van der Waals surface area (Å²) in [6.07, 6.45) is 12.7. The number of rotatable bonds is 18. The van der Waals surface area contributed by atoms with Gasteiger partial charge in [-0.05, 0) is 59.7 Å². The van der Waals surface area contributed by atoms with Gasteiger partial charge in [-0.15, -0.1) is 0 Å². The number of ether oxygens (including phenoxy) is 2. The molecule has 0 rings (SSSR count). The SMILES string of the molecule is CCCCCCCCC(CCCN(C)CC)C(CC)(OCC)OCC. The summed E-state index contributed by atoms with van der Waals surface area (Å²) in [7, 11) is 2.21. The Labute approximate surface area is 158 Å². The van der Waals surface area contributed by atoms with Crippen LogP contribution in [0.5, 0.6) is 0 Å². The maximum Gasteiger partial charge on any atom is 0.170 e. The zero-order valence-electron chi connectivity index (χ0n) is 18.2. The molecule has 1 atom stereocenters. The molecule has 0 heterocycles. The van der Waals surface area contributed by atoms with Crippen LogP contribution in [-0.4, -0.2) is 44.0 Å². The van der Waals surface area contributed by atoms with E-state index in [2.05, 4.69) is 46.6 Å². The summed E-state index contributed by atoms with van der Waals surface area (Å²) in [6, 6.07) is 0. The van der Waals surface area contributed by atoms with E-state index in [9.17, 15) is 0 Å². The van der Waals surface area contributed by atoms with Crippen LogP contribution in [0.4, 0.5) is 0 Å². The van der Waals surface area contributed by atoms with Crippen molar-refractivity contribution < 1.29 is 9.47 Å². The first-order chi connectivity index (χ1) is 12.1. The standard InChI is InChI=1S/C22H47NO2/c1-7-12-13-14-15-16-18-21(19-17-20-23(6)9-3)22(8-2,24-10-4)25-11-5/h21H,7-20H2,1-6H3.